The minimum Gasteiger partial charge on any atom is -0.330 e. The molecule has 0 unspecified atom stereocenters. The molecule has 1 heterocycles. The predicted octanol–water partition coefficient (Wildman–Crippen LogP) is 4.43. The first-order valence-electron chi connectivity index (χ1n) is 7.23. The van der Waals surface area contributed by atoms with E-state index in [9.17, 15) is 18.0 Å². The third-order valence-electron chi connectivity index (χ3n) is 3.01. The molecule has 1 amide bonds. The van der Waals surface area contributed by atoms with Crippen LogP contribution in [0.5, 0.6) is 0 Å². The Morgan fingerprint density at radius 1 is 1.08 bits per heavy atom. The molecule has 2 aromatic carbocycles. The van der Waals surface area contributed by atoms with Crippen LogP contribution in [0.3, 0.4) is 0 Å². The quantitative estimate of drug-likeness (QED) is 0.604. The van der Waals surface area contributed by atoms with E-state index in [1.807, 2.05) is 0 Å². The van der Waals surface area contributed by atoms with Gasteiger partial charge in [0.05, 0.1) is 11.4 Å². The number of nitrogens with one attached hydrogen (secondary N) is 2. The summed E-state index contributed by atoms with van der Waals surface area (Å²) in [5, 5.41) is 13.5. The van der Waals surface area contributed by atoms with Crippen LogP contribution < -0.4 is 10.6 Å². The molecule has 0 radical (unpaired) electrons. The Morgan fingerprint density at radius 3 is 2.69 bits per heavy atom. The molecule has 2 N–H and O–H groups in total. The number of carbonyl (C=O) groups is 1. The Bertz CT molecular complexity index is 935. The SMILES string of the molecule is O=C(CSc1nnc(Nc2cccc(F)c2)s1)Nc1cc(F)ccc1F. The zero-order valence-corrected chi connectivity index (χ0v) is 14.6. The lowest BCUT2D eigenvalue weighted by Crippen LogP contribution is -2.15. The van der Waals surface area contributed by atoms with Gasteiger partial charge in [0.25, 0.3) is 0 Å². The first kappa shape index (κ1) is 18.2. The summed E-state index contributed by atoms with van der Waals surface area (Å²) in [6.07, 6.45) is 0. The number of hydrogen-bond donors (Lipinski definition) is 2. The number of halogens is 3. The van der Waals surface area contributed by atoms with Crippen LogP contribution in [0.25, 0.3) is 0 Å². The van der Waals surface area contributed by atoms with Crippen molar-refractivity contribution >= 4 is 45.5 Å². The lowest BCUT2D eigenvalue weighted by atomic mass is 10.3. The van der Waals surface area contributed by atoms with Crippen molar-refractivity contribution < 1.29 is 18.0 Å². The van der Waals surface area contributed by atoms with E-state index in [-0.39, 0.29) is 17.3 Å². The van der Waals surface area contributed by atoms with Crippen LogP contribution in [0, 0.1) is 17.5 Å². The second-order valence-electron chi connectivity index (χ2n) is 4.97. The molecule has 26 heavy (non-hydrogen) atoms. The number of benzene rings is 2. The number of hydrogen-bond acceptors (Lipinski definition) is 6. The summed E-state index contributed by atoms with van der Waals surface area (Å²) in [4.78, 5) is 11.9. The zero-order chi connectivity index (χ0) is 18.5. The molecular weight excluding hydrogens is 385 g/mol. The fraction of sp³-hybridized carbons (Fsp3) is 0.0625. The van der Waals surface area contributed by atoms with Crippen LogP contribution in [0.4, 0.5) is 29.7 Å². The van der Waals surface area contributed by atoms with Crippen molar-refractivity contribution in [2.75, 3.05) is 16.4 Å². The van der Waals surface area contributed by atoms with E-state index < -0.39 is 17.5 Å². The molecule has 3 aromatic rings. The van der Waals surface area contributed by atoms with Gasteiger partial charge in [-0.05, 0) is 30.3 Å². The number of rotatable bonds is 6. The van der Waals surface area contributed by atoms with Crippen LogP contribution in [-0.2, 0) is 4.79 Å². The number of anilines is 3. The van der Waals surface area contributed by atoms with Gasteiger partial charge < -0.3 is 10.6 Å². The summed E-state index contributed by atoms with van der Waals surface area (Å²) in [6.45, 7) is 0. The minimum atomic E-state index is -0.720. The molecule has 10 heteroatoms. The average Bonchev–Trinajstić information content (AvgIpc) is 3.04. The van der Waals surface area contributed by atoms with E-state index >= 15 is 0 Å². The van der Waals surface area contributed by atoms with Crippen molar-refractivity contribution in [2.45, 2.75) is 4.34 Å². The van der Waals surface area contributed by atoms with Gasteiger partial charge in [0, 0.05) is 11.8 Å². The Labute approximate surface area is 154 Å². The van der Waals surface area contributed by atoms with Crippen LogP contribution in [0.2, 0.25) is 0 Å². The summed E-state index contributed by atoms with van der Waals surface area (Å²) in [7, 11) is 0. The molecule has 1 aromatic heterocycles. The minimum absolute atomic E-state index is 0.0510. The van der Waals surface area contributed by atoms with Gasteiger partial charge in [-0.25, -0.2) is 13.2 Å². The van der Waals surface area contributed by atoms with E-state index in [2.05, 4.69) is 20.8 Å². The van der Waals surface area contributed by atoms with Gasteiger partial charge in [-0.3, -0.25) is 4.79 Å². The van der Waals surface area contributed by atoms with E-state index in [1.165, 1.54) is 23.5 Å². The Morgan fingerprint density at radius 2 is 1.88 bits per heavy atom. The molecule has 0 spiro atoms. The molecule has 0 aliphatic rings. The highest BCUT2D eigenvalue weighted by molar-refractivity contribution is 8.01. The third kappa shape index (κ3) is 4.96. The van der Waals surface area contributed by atoms with E-state index in [1.54, 1.807) is 12.1 Å². The van der Waals surface area contributed by atoms with E-state index in [4.69, 9.17) is 0 Å². The van der Waals surface area contributed by atoms with E-state index in [0.29, 0.717) is 15.2 Å². The first-order chi connectivity index (χ1) is 12.5. The molecular formula is C16H11F3N4OS2. The second-order valence-corrected chi connectivity index (χ2v) is 7.17. The smallest absolute Gasteiger partial charge is 0.234 e. The van der Waals surface area contributed by atoms with Gasteiger partial charge in [-0.1, -0.05) is 29.2 Å². The number of aromatic nitrogens is 2. The van der Waals surface area contributed by atoms with Crippen LogP contribution >= 0.6 is 23.1 Å². The summed E-state index contributed by atoms with van der Waals surface area (Å²) < 4.78 is 40.2. The summed E-state index contributed by atoms with van der Waals surface area (Å²) in [5.74, 6) is -2.30. The van der Waals surface area contributed by atoms with Crippen molar-refractivity contribution in [3.63, 3.8) is 0 Å². The number of amides is 1. The lowest BCUT2D eigenvalue weighted by Gasteiger charge is -2.05. The average molecular weight is 396 g/mol. The van der Waals surface area contributed by atoms with Crippen molar-refractivity contribution in [1.82, 2.24) is 10.2 Å². The van der Waals surface area contributed by atoms with Gasteiger partial charge in [-0.2, -0.15) is 0 Å². The Kier molecular flexibility index (Phi) is 5.74. The molecule has 0 bridgehead atoms. The normalized spacial score (nSPS) is 10.6. The number of carbonyl (C=O) groups excluding carboxylic acids is 1. The fourth-order valence-electron chi connectivity index (χ4n) is 1.92. The molecule has 0 atom stereocenters. The lowest BCUT2D eigenvalue weighted by molar-refractivity contribution is -0.113. The molecule has 3 rings (SSSR count). The maximum absolute atomic E-state index is 13.5. The topological polar surface area (TPSA) is 66.9 Å². The molecule has 0 saturated carbocycles. The van der Waals surface area contributed by atoms with Gasteiger partial charge in [-0.15, -0.1) is 10.2 Å². The molecule has 134 valence electrons. The molecule has 0 aliphatic heterocycles. The molecule has 0 fully saturated rings. The largest absolute Gasteiger partial charge is 0.330 e. The van der Waals surface area contributed by atoms with Crippen molar-refractivity contribution in [1.29, 1.82) is 0 Å². The van der Waals surface area contributed by atoms with E-state index in [0.717, 1.165) is 30.0 Å². The van der Waals surface area contributed by atoms with Gasteiger partial charge in [0.1, 0.15) is 17.5 Å². The highest BCUT2D eigenvalue weighted by atomic mass is 32.2. The fourth-order valence-corrected chi connectivity index (χ4v) is 3.49. The van der Waals surface area contributed by atoms with Crippen molar-refractivity contribution in [3.05, 3.63) is 59.9 Å². The molecule has 5 nitrogen and oxygen atoms in total. The summed E-state index contributed by atoms with van der Waals surface area (Å²) in [6, 6.07) is 8.69. The standard InChI is InChI=1S/C16H11F3N4OS2/c17-9-2-1-3-11(6-9)20-15-22-23-16(26-15)25-8-14(24)21-13-7-10(18)4-5-12(13)19/h1-7H,8H2,(H,20,22)(H,21,24). The highest BCUT2D eigenvalue weighted by Crippen LogP contribution is 2.28. The van der Waals surface area contributed by atoms with Crippen LogP contribution in [-0.4, -0.2) is 21.9 Å². The third-order valence-corrected chi connectivity index (χ3v) is 4.98. The van der Waals surface area contributed by atoms with Gasteiger partial charge >= 0.3 is 0 Å². The Balaban J connectivity index is 1.54. The first-order valence-corrected chi connectivity index (χ1v) is 9.03. The van der Waals surface area contributed by atoms with Gasteiger partial charge in [0.2, 0.25) is 11.0 Å². The predicted molar refractivity (Wildman–Crippen MR) is 95.3 cm³/mol. The second kappa shape index (κ2) is 8.19. The van der Waals surface area contributed by atoms with Crippen molar-refractivity contribution in [3.8, 4) is 0 Å². The van der Waals surface area contributed by atoms with Crippen LogP contribution in [0.1, 0.15) is 0 Å². The molecule has 0 saturated heterocycles. The van der Waals surface area contributed by atoms with Crippen LogP contribution in [0.15, 0.2) is 46.8 Å². The summed E-state index contributed by atoms with van der Waals surface area (Å²) >= 11 is 2.28. The molecule has 0 aliphatic carbocycles. The number of nitrogens with zero attached hydrogens (tertiary/aromatic N) is 2. The monoisotopic (exact) mass is 396 g/mol. The van der Waals surface area contributed by atoms with Gasteiger partial charge in [0.15, 0.2) is 4.34 Å². The summed E-state index contributed by atoms with van der Waals surface area (Å²) in [5.41, 5.74) is 0.304. The highest BCUT2D eigenvalue weighted by Gasteiger charge is 2.11. The zero-order valence-electron chi connectivity index (χ0n) is 13.0. The Hall–Kier alpha value is -2.59. The van der Waals surface area contributed by atoms with Crippen molar-refractivity contribution in [2.24, 2.45) is 0 Å². The maximum Gasteiger partial charge on any atom is 0.234 e. The number of thioether (sulfide) groups is 1. The maximum atomic E-state index is 13.5.